The highest BCUT2D eigenvalue weighted by Gasteiger charge is 2.30. The molecule has 0 N–H and O–H groups in total. The lowest BCUT2D eigenvalue weighted by molar-refractivity contribution is 0.0690. The highest BCUT2D eigenvalue weighted by atomic mass is 19.1. The number of nitrogens with zero attached hydrogens (tertiary/aromatic N) is 4. The molecule has 0 spiro atoms. The Hall–Kier alpha value is -2.83. The number of piperidine rings is 1. The number of hydrogen-bond acceptors (Lipinski definition) is 5. The van der Waals surface area contributed by atoms with Crippen molar-refractivity contribution >= 4 is 16.8 Å². The maximum Gasteiger partial charge on any atom is 0.272 e. The zero-order valence-electron chi connectivity index (χ0n) is 15.4. The van der Waals surface area contributed by atoms with Gasteiger partial charge in [-0.05, 0) is 25.0 Å². The molecule has 0 aliphatic carbocycles. The van der Waals surface area contributed by atoms with E-state index >= 15 is 0 Å². The summed E-state index contributed by atoms with van der Waals surface area (Å²) in [5.74, 6) is 0.841. The maximum absolute atomic E-state index is 14.0. The molecule has 0 bridgehead atoms. The summed E-state index contributed by atoms with van der Waals surface area (Å²) in [4.78, 5) is 23.4. The first kappa shape index (κ1) is 17.6. The third kappa shape index (κ3) is 3.41. The van der Waals surface area contributed by atoms with Gasteiger partial charge >= 0.3 is 0 Å². The molecule has 3 aromatic rings. The van der Waals surface area contributed by atoms with E-state index in [1.54, 1.807) is 29.2 Å². The predicted octanol–water partition coefficient (Wildman–Crippen LogP) is 3.90. The summed E-state index contributed by atoms with van der Waals surface area (Å²) >= 11 is 0. The fourth-order valence-corrected chi connectivity index (χ4v) is 3.40. The number of aromatic nitrogens is 3. The van der Waals surface area contributed by atoms with Crippen LogP contribution in [0.3, 0.4) is 0 Å². The molecule has 6 nitrogen and oxygen atoms in total. The van der Waals surface area contributed by atoms with E-state index in [9.17, 15) is 9.18 Å². The van der Waals surface area contributed by atoms with Crippen molar-refractivity contribution in [3.8, 4) is 0 Å². The molecule has 1 aromatic carbocycles. The minimum Gasteiger partial charge on any atom is -0.339 e. The first-order valence-electron chi connectivity index (χ1n) is 9.21. The zero-order chi connectivity index (χ0) is 19.0. The van der Waals surface area contributed by atoms with Crippen LogP contribution in [0.1, 0.15) is 60.7 Å². The highest BCUT2D eigenvalue weighted by molar-refractivity contribution is 5.95. The van der Waals surface area contributed by atoms with E-state index in [1.165, 1.54) is 6.07 Å². The fourth-order valence-electron chi connectivity index (χ4n) is 3.40. The van der Waals surface area contributed by atoms with Gasteiger partial charge in [-0.25, -0.2) is 9.37 Å². The van der Waals surface area contributed by atoms with Crippen LogP contribution in [0.25, 0.3) is 10.9 Å². The van der Waals surface area contributed by atoms with Crippen LogP contribution in [0.15, 0.2) is 34.9 Å². The van der Waals surface area contributed by atoms with E-state index in [0.717, 1.165) is 12.8 Å². The minimum absolute atomic E-state index is 0.0138. The molecule has 1 atom stereocenters. The van der Waals surface area contributed by atoms with Crippen molar-refractivity contribution in [2.45, 2.75) is 38.5 Å². The van der Waals surface area contributed by atoms with Gasteiger partial charge in [-0.2, -0.15) is 4.98 Å². The molecule has 1 aliphatic heterocycles. The second-order valence-electron chi connectivity index (χ2n) is 7.24. The second kappa shape index (κ2) is 7.06. The third-order valence-corrected chi connectivity index (χ3v) is 4.92. The average Bonchev–Trinajstić information content (AvgIpc) is 3.18. The minimum atomic E-state index is -0.425. The molecular formula is C20H21FN4O2. The lowest BCUT2D eigenvalue weighted by atomic mass is 9.97. The molecule has 27 heavy (non-hydrogen) atoms. The lowest BCUT2D eigenvalue weighted by Crippen LogP contribution is -2.39. The maximum atomic E-state index is 14.0. The summed E-state index contributed by atoms with van der Waals surface area (Å²) in [6.45, 7) is 5.15. The number of halogens is 1. The van der Waals surface area contributed by atoms with Crippen LogP contribution in [0.2, 0.25) is 0 Å². The number of carbonyl (C=O) groups is 1. The van der Waals surface area contributed by atoms with Crippen LogP contribution in [-0.2, 0) is 0 Å². The number of pyridine rings is 1. The number of para-hydroxylation sites is 1. The first-order valence-corrected chi connectivity index (χ1v) is 9.21. The van der Waals surface area contributed by atoms with Crippen molar-refractivity contribution in [2.75, 3.05) is 13.1 Å². The highest BCUT2D eigenvalue weighted by Crippen LogP contribution is 2.28. The number of benzene rings is 1. The Kier molecular flexibility index (Phi) is 4.59. The number of amides is 1. The Morgan fingerprint density at radius 3 is 2.89 bits per heavy atom. The summed E-state index contributed by atoms with van der Waals surface area (Å²) in [7, 11) is 0. The number of rotatable bonds is 3. The number of likely N-dealkylation sites (tertiary alicyclic amines) is 1. The van der Waals surface area contributed by atoms with Crippen molar-refractivity contribution < 1.29 is 13.7 Å². The van der Waals surface area contributed by atoms with E-state index in [0.29, 0.717) is 30.2 Å². The summed E-state index contributed by atoms with van der Waals surface area (Å²) in [5.41, 5.74) is 0.469. The van der Waals surface area contributed by atoms with E-state index in [1.807, 2.05) is 13.8 Å². The molecule has 1 amide bonds. The molecule has 1 fully saturated rings. The molecule has 7 heteroatoms. The van der Waals surface area contributed by atoms with Crippen molar-refractivity contribution in [2.24, 2.45) is 0 Å². The van der Waals surface area contributed by atoms with Gasteiger partial charge < -0.3 is 9.42 Å². The number of carbonyl (C=O) groups excluding carboxylic acids is 1. The largest absolute Gasteiger partial charge is 0.339 e. The summed E-state index contributed by atoms with van der Waals surface area (Å²) in [6, 6.07) is 8.14. The van der Waals surface area contributed by atoms with Gasteiger partial charge in [0.15, 0.2) is 5.82 Å². The van der Waals surface area contributed by atoms with Crippen LogP contribution in [0.4, 0.5) is 4.39 Å². The van der Waals surface area contributed by atoms with Gasteiger partial charge in [0.05, 0.1) is 5.92 Å². The Morgan fingerprint density at radius 2 is 2.11 bits per heavy atom. The van der Waals surface area contributed by atoms with E-state index in [2.05, 4.69) is 15.1 Å². The quantitative estimate of drug-likeness (QED) is 0.701. The normalized spacial score (nSPS) is 17.6. The van der Waals surface area contributed by atoms with Crippen molar-refractivity contribution in [1.82, 2.24) is 20.0 Å². The molecule has 0 radical (unpaired) electrons. The molecular weight excluding hydrogens is 347 g/mol. The van der Waals surface area contributed by atoms with Crippen LogP contribution < -0.4 is 0 Å². The second-order valence-corrected chi connectivity index (χ2v) is 7.24. The van der Waals surface area contributed by atoms with Crippen molar-refractivity contribution in [3.63, 3.8) is 0 Å². The zero-order valence-corrected chi connectivity index (χ0v) is 15.4. The lowest BCUT2D eigenvalue weighted by Gasteiger charge is -2.30. The molecule has 0 saturated carbocycles. The van der Waals surface area contributed by atoms with Crippen LogP contribution in [0.5, 0.6) is 0 Å². The number of fused-ring (bicyclic) bond motifs is 1. The summed E-state index contributed by atoms with van der Waals surface area (Å²) < 4.78 is 19.4. The van der Waals surface area contributed by atoms with Crippen LogP contribution in [-0.4, -0.2) is 39.0 Å². The Morgan fingerprint density at radius 1 is 1.26 bits per heavy atom. The van der Waals surface area contributed by atoms with Gasteiger partial charge in [0.2, 0.25) is 5.89 Å². The van der Waals surface area contributed by atoms with Gasteiger partial charge in [0, 0.05) is 24.4 Å². The average molecular weight is 368 g/mol. The number of hydrogen-bond donors (Lipinski definition) is 0. The standard InChI is InChI=1S/C20H21FN4O2/c1-12(2)18-23-19(27-24-18)14-6-4-10-25(11-14)20(26)16-9-8-13-5-3-7-15(21)17(13)22-16/h3,5,7-9,12,14H,4,6,10-11H2,1-2H3/t14-/m1/s1. The topological polar surface area (TPSA) is 72.1 Å². The fraction of sp³-hybridized carbons (Fsp3) is 0.400. The molecule has 0 unspecified atom stereocenters. The van der Waals surface area contributed by atoms with E-state index in [4.69, 9.17) is 4.52 Å². The molecule has 3 heterocycles. The molecule has 1 aliphatic rings. The third-order valence-electron chi connectivity index (χ3n) is 4.92. The van der Waals surface area contributed by atoms with Crippen LogP contribution in [0, 0.1) is 5.82 Å². The Balaban J connectivity index is 1.55. The van der Waals surface area contributed by atoms with Crippen molar-refractivity contribution in [1.29, 1.82) is 0 Å². The molecule has 2 aromatic heterocycles. The van der Waals surface area contributed by atoms with Crippen molar-refractivity contribution in [3.05, 3.63) is 53.6 Å². The molecule has 4 rings (SSSR count). The summed E-state index contributed by atoms with van der Waals surface area (Å²) in [5, 5.41) is 4.70. The van der Waals surface area contributed by atoms with Crippen LogP contribution >= 0.6 is 0 Å². The smallest absolute Gasteiger partial charge is 0.272 e. The van der Waals surface area contributed by atoms with Gasteiger partial charge in [-0.3, -0.25) is 4.79 Å². The van der Waals surface area contributed by atoms with E-state index in [-0.39, 0.29) is 29.0 Å². The van der Waals surface area contributed by atoms with Gasteiger partial charge in [0.25, 0.3) is 5.91 Å². The Bertz CT molecular complexity index is 985. The molecule has 1 saturated heterocycles. The molecule has 140 valence electrons. The van der Waals surface area contributed by atoms with Gasteiger partial charge in [-0.1, -0.05) is 37.2 Å². The summed E-state index contributed by atoms with van der Waals surface area (Å²) in [6.07, 6.45) is 1.74. The van der Waals surface area contributed by atoms with E-state index < -0.39 is 5.82 Å². The Labute approximate surface area is 156 Å². The van der Waals surface area contributed by atoms with Gasteiger partial charge in [-0.15, -0.1) is 0 Å². The predicted molar refractivity (Wildman–Crippen MR) is 98.0 cm³/mol. The monoisotopic (exact) mass is 368 g/mol. The van der Waals surface area contributed by atoms with Gasteiger partial charge in [0.1, 0.15) is 17.0 Å². The first-order chi connectivity index (χ1) is 13.0. The SMILES string of the molecule is CC(C)c1noc([C@@H]2CCCN(C(=O)c3ccc4cccc(F)c4n3)C2)n1.